The molecule has 0 amide bonds. The molecule has 0 fully saturated rings. The Labute approximate surface area is 170 Å². The lowest BCUT2D eigenvalue weighted by molar-refractivity contribution is 0.0601. The molecule has 1 aromatic heterocycles. The zero-order valence-corrected chi connectivity index (χ0v) is 16.1. The minimum Gasteiger partial charge on any atom is -0.465 e. The SMILES string of the molecule is COC(=O)c1ccccc1-c1nc2ccc(Oc3ccc(Cl)c(Cl)c3)cc2o1. The molecule has 5 nitrogen and oxygen atoms in total. The maximum absolute atomic E-state index is 12.0. The average Bonchev–Trinajstić information content (AvgIpc) is 3.13. The Morgan fingerprint density at radius 3 is 2.50 bits per heavy atom. The van der Waals surface area contributed by atoms with Crippen LogP contribution in [0.25, 0.3) is 22.6 Å². The normalized spacial score (nSPS) is 10.8. The number of benzene rings is 3. The van der Waals surface area contributed by atoms with Crippen LogP contribution >= 0.6 is 23.2 Å². The van der Waals surface area contributed by atoms with Gasteiger partial charge >= 0.3 is 5.97 Å². The number of nitrogens with zero attached hydrogens (tertiary/aromatic N) is 1. The number of carbonyl (C=O) groups excluding carboxylic acids is 1. The van der Waals surface area contributed by atoms with Crippen molar-refractivity contribution in [1.82, 2.24) is 4.98 Å². The van der Waals surface area contributed by atoms with Crippen LogP contribution in [-0.2, 0) is 4.74 Å². The molecule has 28 heavy (non-hydrogen) atoms. The van der Waals surface area contributed by atoms with Gasteiger partial charge in [0.2, 0.25) is 5.89 Å². The molecule has 0 aliphatic rings. The van der Waals surface area contributed by atoms with Crippen LogP contribution in [0, 0.1) is 0 Å². The van der Waals surface area contributed by atoms with E-state index in [4.69, 9.17) is 37.1 Å². The van der Waals surface area contributed by atoms with Gasteiger partial charge in [-0.15, -0.1) is 0 Å². The maximum Gasteiger partial charge on any atom is 0.338 e. The predicted molar refractivity (Wildman–Crippen MR) is 107 cm³/mol. The molecule has 0 radical (unpaired) electrons. The van der Waals surface area contributed by atoms with E-state index < -0.39 is 5.97 Å². The van der Waals surface area contributed by atoms with Gasteiger partial charge in [0.15, 0.2) is 5.58 Å². The van der Waals surface area contributed by atoms with Gasteiger partial charge in [-0.1, -0.05) is 35.3 Å². The fourth-order valence-electron chi connectivity index (χ4n) is 2.72. The summed E-state index contributed by atoms with van der Waals surface area (Å²) in [4.78, 5) is 16.5. The Morgan fingerprint density at radius 2 is 1.71 bits per heavy atom. The molecule has 4 aromatic rings. The van der Waals surface area contributed by atoms with E-state index in [1.54, 1.807) is 60.7 Å². The van der Waals surface area contributed by atoms with E-state index in [9.17, 15) is 4.79 Å². The highest BCUT2D eigenvalue weighted by molar-refractivity contribution is 6.42. The monoisotopic (exact) mass is 413 g/mol. The largest absolute Gasteiger partial charge is 0.465 e. The molecule has 1 heterocycles. The molecule has 3 aromatic carbocycles. The summed E-state index contributed by atoms with van der Waals surface area (Å²) in [5, 5.41) is 0.857. The number of hydrogen-bond acceptors (Lipinski definition) is 5. The Hall–Kier alpha value is -3.02. The van der Waals surface area contributed by atoms with Crippen molar-refractivity contribution in [2.75, 3.05) is 7.11 Å². The third-order valence-electron chi connectivity index (χ3n) is 4.05. The van der Waals surface area contributed by atoms with Gasteiger partial charge in [-0.05, 0) is 36.4 Å². The van der Waals surface area contributed by atoms with Crippen LogP contribution in [0.2, 0.25) is 10.0 Å². The van der Waals surface area contributed by atoms with E-state index in [0.717, 1.165) is 0 Å². The summed E-state index contributed by atoms with van der Waals surface area (Å²) in [5.41, 5.74) is 2.09. The van der Waals surface area contributed by atoms with E-state index in [0.29, 0.717) is 49.7 Å². The van der Waals surface area contributed by atoms with Crippen LogP contribution in [0.5, 0.6) is 11.5 Å². The summed E-state index contributed by atoms with van der Waals surface area (Å²) < 4.78 is 16.5. The number of carbonyl (C=O) groups is 1. The highest BCUT2D eigenvalue weighted by atomic mass is 35.5. The number of rotatable bonds is 4. The van der Waals surface area contributed by atoms with Crippen molar-refractivity contribution in [1.29, 1.82) is 0 Å². The fourth-order valence-corrected chi connectivity index (χ4v) is 3.01. The van der Waals surface area contributed by atoms with E-state index in [1.165, 1.54) is 7.11 Å². The summed E-state index contributed by atoms with van der Waals surface area (Å²) in [6.07, 6.45) is 0. The minimum absolute atomic E-state index is 0.322. The van der Waals surface area contributed by atoms with Crippen LogP contribution in [-0.4, -0.2) is 18.1 Å². The van der Waals surface area contributed by atoms with Gasteiger partial charge < -0.3 is 13.9 Å². The van der Waals surface area contributed by atoms with Crippen molar-refractivity contribution >= 4 is 40.3 Å². The molecule has 0 aliphatic carbocycles. The fraction of sp³-hybridized carbons (Fsp3) is 0.0476. The zero-order chi connectivity index (χ0) is 19.7. The number of aromatic nitrogens is 1. The summed E-state index contributed by atoms with van der Waals surface area (Å²) in [5.74, 6) is 0.962. The molecule has 7 heteroatoms. The summed E-state index contributed by atoms with van der Waals surface area (Å²) in [6, 6.07) is 17.2. The van der Waals surface area contributed by atoms with Crippen molar-refractivity contribution < 1.29 is 18.7 Å². The van der Waals surface area contributed by atoms with Crippen molar-refractivity contribution in [2.45, 2.75) is 0 Å². The molecular formula is C21H13Cl2NO4. The molecular weight excluding hydrogens is 401 g/mol. The van der Waals surface area contributed by atoms with Crippen LogP contribution in [0.15, 0.2) is 65.1 Å². The van der Waals surface area contributed by atoms with Crippen molar-refractivity contribution in [2.24, 2.45) is 0 Å². The van der Waals surface area contributed by atoms with Crippen LogP contribution in [0.3, 0.4) is 0 Å². The molecule has 0 unspecified atom stereocenters. The quantitative estimate of drug-likeness (QED) is 0.363. The summed E-state index contributed by atoms with van der Waals surface area (Å²) in [7, 11) is 1.33. The van der Waals surface area contributed by atoms with E-state index in [-0.39, 0.29) is 0 Å². The number of oxazole rings is 1. The molecule has 140 valence electrons. The number of esters is 1. The van der Waals surface area contributed by atoms with Crippen LogP contribution < -0.4 is 4.74 Å². The first-order valence-corrected chi connectivity index (χ1v) is 9.02. The van der Waals surface area contributed by atoms with Crippen LogP contribution in [0.1, 0.15) is 10.4 Å². The molecule has 4 rings (SSSR count). The second kappa shape index (κ2) is 7.54. The molecule has 0 aliphatic heterocycles. The van der Waals surface area contributed by atoms with Gasteiger partial charge in [-0.2, -0.15) is 0 Å². The Kier molecular flexibility index (Phi) is 4.94. The topological polar surface area (TPSA) is 61.6 Å². The number of halogens is 2. The zero-order valence-electron chi connectivity index (χ0n) is 14.6. The Bertz CT molecular complexity index is 1190. The molecule has 0 spiro atoms. The third-order valence-corrected chi connectivity index (χ3v) is 4.79. The lowest BCUT2D eigenvalue weighted by Crippen LogP contribution is -2.03. The Morgan fingerprint density at radius 1 is 0.964 bits per heavy atom. The lowest BCUT2D eigenvalue weighted by Gasteiger charge is -2.06. The smallest absolute Gasteiger partial charge is 0.338 e. The van der Waals surface area contributed by atoms with Crippen molar-refractivity contribution in [3.63, 3.8) is 0 Å². The summed E-state index contributed by atoms with van der Waals surface area (Å²) in [6.45, 7) is 0. The molecule has 0 atom stereocenters. The van der Waals surface area contributed by atoms with E-state index >= 15 is 0 Å². The van der Waals surface area contributed by atoms with Gasteiger partial charge in [0, 0.05) is 12.1 Å². The second-order valence-corrected chi connectivity index (χ2v) is 6.68. The van der Waals surface area contributed by atoms with Crippen molar-refractivity contribution in [3.8, 4) is 23.0 Å². The average molecular weight is 414 g/mol. The predicted octanol–water partition coefficient (Wildman–Crippen LogP) is 6.38. The van der Waals surface area contributed by atoms with Crippen molar-refractivity contribution in [3.05, 3.63) is 76.3 Å². The Balaban J connectivity index is 1.69. The molecule has 0 N–H and O–H groups in total. The second-order valence-electron chi connectivity index (χ2n) is 5.86. The molecule has 0 bridgehead atoms. The standard InChI is InChI=1S/C21H13Cl2NO4/c1-26-21(25)15-5-3-2-4-14(15)20-24-18-9-7-13(11-19(18)28-20)27-12-6-8-16(22)17(23)10-12/h2-11H,1H3. The van der Waals surface area contributed by atoms with E-state index in [1.807, 2.05) is 0 Å². The first-order chi connectivity index (χ1) is 13.5. The highest BCUT2D eigenvalue weighted by Crippen LogP contribution is 2.33. The van der Waals surface area contributed by atoms with E-state index in [2.05, 4.69) is 4.98 Å². The lowest BCUT2D eigenvalue weighted by atomic mass is 10.1. The van der Waals surface area contributed by atoms with Gasteiger partial charge in [0.25, 0.3) is 0 Å². The summed E-state index contributed by atoms with van der Waals surface area (Å²) >= 11 is 11.9. The molecule has 0 saturated carbocycles. The first kappa shape index (κ1) is 18.3. The van der Waals surface area contributed by atoms with Gasteiger partial charge in [0.1, 0.15) is 17.0 Å². The maximum atomic E-state index is 12.0. The van der Waals surface area contributed by atoms with Crippen LogP contribution in [0.4, 0.5) is 0 Å². The number of fused-ring (bicyclic) bond motifs is 1. The van der Waals surface area contributed by atoms with Gasteiger partial charge in [0.05, 0.1) is 28.3 Å². The third kappa shape index (κ3) is 3.54. The highest BCUT2D eigenvalue weighted by Gasteiger charge is 2.17. The molecule has 0 saturated heterocycles. The minimum atomic E-state index is -0.457. The number of ether oxygens (including phenoxy) is 2. The van der Waals surface area contributed by atoms with Gasteiger partial charge in [-0.25, -0.2) is 9.78 Å². The van der Waals surface area contributed by atoms with Gasteiger partial charge in [-0.3, -0.25) is 0 Å². The number of methoxy groups -OCH3 is 1. The number of hydrogen-bond donors (Lipinski definition) is 0. The first-order valence-electron chi connectivity index (χ1n) is 8.26.